The van der Waals surface area contributed by atoms with Crippen LogP contribution in [0.5, 0.6) is 11.5 Å². The fraction of sp³-hybridized carbons (Fsp3) is 0.409. The van der Waals surface area contributed by atoms with Gasteiger partial charge in [-0.15, -0.1) is 4.40 Å². The molecule has 0 amide bonds. The van der Waals surface area contributed by atoms with Crippen molar-refractivity contribution in [3.05, 3.63) is 59.7 Å². The summed E-state index contributed by atoms with van der Waals surface area (Å²) < 4.78 is 73.8. The van der Waals surface area contributed by atoms with Gasteiger partial charge in [0.25, 0.3) is 10.0 Å². The molecule has 9 heteroatoms. The van der Waals surface area contributed by atoms with E-state index in [4.69, 9.17) is 4.74 Å². The lowest BCUT2D eigenvalue weighted by atomic mass is 9.63. The van der Waals surface area contributed by atoms with E-state index in [-0.39, 0.29) is 17.3 Å². The van der Waals surface area contributed by atoms with Crippen molar-refractivity contribution in [3.63, 3.8) is 0 Å². The molecule has 3 fully saturated rings. The van der Waals surface area contributed by atoms with E-state index in [1.54, 1.807) is 12.1 Å². The average molecular weight is 450 g/mol. The van der Waals surface area contributed by atoms with E-state index in [1.807, 2.05) is 12.1 Å². The number of para-hydroxylation sites is 1. The predicted octanol–water partition coefficient (Wildman–Crippen LogP) is 4.74. The molecule has 0 spiro atoms. The number of benzene rings is 2. The van der Waals surface area contributed by atoms with Gasteiger partial charge in [0.1, 0.15) is 17.3 Å². The van der Waals surface area contributed by atoms with Crippen molar-refractivity contribution < 1.29 is 26.3 Å². The maximum Gasteiger partial charge on any atom is 0.419 e. The van der Waals surface area contributed by atoms with E-state index in [9.17, 15) is 21.6 Å². The number of sulfonamides is 1. The second-order valence-electron chi connectivity index (χ2n) is 8.33. The van der Waals surface area contributed by atoms with Crippen LogP contribution in [0.1, 0.15) is 36.8 Å². The zero-order valence-corrected chi connectivity index (χ0v) is 17.4. The number of halogens is 3. The van der Waals surface area contributed by atoms with E-state index >= 15 is 0 Å². The van der Waals surface area contributed by atoms with Crippen molar-refractivity contribution in [2.75, 3.05) is 12.3 Å². The highest BCUT2D eigenvalue weighted by molar-refractivity contribution is 7.90. The van der Waals surface area contributed by atoms with Crippen molar-refractivity contribution in [2.45, 2.75) is 43.3 Å². The first-order valence-electron chi connectivity index (χ1n) is 10.2. The Morgan fingerprint density at radius 3 is 2.39 bits per heavy atom. The number of nitrogens with zero attached hydrogens (tertiary/aromatic N) is 2. The van der Waals surface area contributed by atoms with Gasteiger partial charge in [0.05, 0.1) is 16.7 Å². The van der Waals surface area contributed by atoms with E-state index in [0.29, 0.717) is 18.4 Å². The number of ether oxygens (including phenoxy) is 1. The molecule has 0 radical (unpaired) electrons. The van der Waals surface area contributed by atoms with Gasteiger partial charge in [0.2, 0.25) is 0 Å². The summed E-state index contributed by atoms with van der Waals surface area (Å²) >= 11 is 0. The maximum atomic E-state index is 13.2. The minimum absolute atomic E-state index is 0.0362. The van der Waals surface area contributed by atoms with E-state index in [0.717, 1.165) is 37.3 Å². The third kappa shape index (κ3) is 3.48. The van der Waals surface area contributed by atoms with Crippen LogP contribution in [0.3, 0.4) is 0 Å². The standard InChI is InChI=1S/C22H21F3N2O3S/c23-22(24,25)18-3-1-2-4-19(18)30-17-7-5-15(6-8-17)21-11-9-16(10-12-21)27-13-14-31(28,29)26-20(21)27/h1-8,16H,9-14H2. The number of amidine groups is 1. The van der Waals surface area contributed by atoms with Crippen molar-refractivity contribution in [2.24, 2.45) is 4.40 Å². The summed E-state index contributed by atoms with van der Waals surface area (Å²) in [4.78, 5) is 2.14. The van der Waals surface area contributed by atoms with Gasteiger partial charge < -0.3 is 9.64 Å². The molecule has 0 aromatic heterocycles. The van der Waals surface area contributed by atoms with Crippen LogP contribution in [0.2, 0.25) is 0 Å². The molecule has 3 heterocycles. The molecule has 31 heavy (non-hydrogen) atoms. The largest absolute Gasteiger partial charge is 0.457 e. The van der Waals surface area contributed by atoms with Crippen LogP contribution >= 0.6 is 0 Å². The lowest BCUT2D eigenvalue weighted by Gasteiger charge is -2.55. The molecular weight excluding hydrogens is 429 g/mol. The molecule has 4 aliphatic rings. The highest BCUT2D eigenvalue weighted by atomic mass is 32.2. The molecular formula is C22H21F3N2O3S. The lowest BCUT2D eigenvalue weighted by molar-refractivity contribution is -0.138. The molecule has 0 unspecified atom stereocenters. The van der Waals surface area contributed by atoms with Crippen LogP contribution in [0, 0.1) is 0 Å². The summed E-state index contributed by atoms with van der Waals surface area (Å²) in [5.74, 6) is 0.691. The van der Waals surface area contributed by atoms with E-state index in [1.165, 1.54) is 18.2 Å². The maximum absolute atomic E-state index is 13.2. The third-order valence-electron chi connectivity index (χ3n) is 6.59. The molecule has 2 aromatic carbocycles. The quantitative estimate of drug-likeness (QED) is 0.678. The highest BCUT2D eigenvalue weighted by Crippen LogP contribution is 2.49. The molecule has 1 saturated carbocycles. The van der Waals surface area contributed by atoms with Crippen LogP contribution in [-0.4, -0.2) is 37.5 Å². The monoisotopic (exact) mass is 450 g/mol. The van der Waals surface area contributed by atoms with Crippen LogP contribution in [0.4, 0.5) is 13.2 Å². The Balaban J connectivity index is 1.47. The molecule has 2 bridgehead atoms. The normalized spacial score (nSPS) is 26.9. The van der Waals surface area contributed by atoms with Gasteiger partial charge in [0.15, 0.2) is 0 Å². The summed E-state index contributed by atoms with van der Waals surface area (Å²) in [5.41, 5.74) is -0.395. The van der Waals surface area contributed by atoms with Crippen molar-refractivity contribution in [1.82, 2.24) is 4.90 Å². The number of fused-ring (bicyclic) bond motifs is 2. The molecule has 1 aliphatic carbocycles. The van der Waals surface area contributed by atoms with Crippen molar-refractivity contribution >= 4 is 15.9 Å². The number of hydrogen-bond donors (Lipinski definition) is 0. The minimum Gasteiger partial charge on any atom is -0.457 e. The van der Waals surface area contributed by atoms with Gasteiger partial charge >= 0.3 is 6.18 Å². The Morgan fingerprint density at radius 1 is 1.03 bits per heavy atom. The Morgan fingerprint density at radius 2 is 1.71 bits per heavy atom. The molecule has 5 nitrogen and oxygen atoms in total. The second kappa shape index (κ2) is 6.98. The van der Waals surface area contributed by atoms with Crippen LogP contribution < -0.4 is 4.74 Å². The van der Waals surface area contributed by atoms with Gasteiger partial charge in [0, 0.05) is 12.6 Å². The van der Waals surface area contributed by atoms with Gasteiger partial charge in [-0.1, -0.05) is 24.3 Å². The van der Waals surface area contributed by atoms with Crippen LogP contribution in [-0.2, 0) is 21.6 Å². The highest BCUT2D eigenvalue weighted by Gasteiger charge is 2.52. The first kappa shape index (κ1) is 20.4. The summed E-state index contributed by atoms with van der Waals surface area (Å²) in [7, 11) is -3.47. The Hall–Kier alpha value is -2.55. The molecule has 6 rings (SSSR count). The van der Waals surface area contributed by atoms with E-state index in [2.05, 4.69) is 9.30 Å². The summed E-state index contributed by atoms with van der Waals surface area (Å²) in [6.07, 6.45) is -0.962. The number of piperidine rings is 2. The topological polar surface area (TPSA) is 59.0 Å². The smallest absolute Gasteiger partial charge is 0.419 e. The molecule has 3 aliphatic heterocycles. The molecule has 2 aromatic rings. The molecule has 2 saturated heterocycles. The van der Waals surface area contributed by atoms with Gasteiger partial charge in [-0.25, -0.2) is 8.42 Å². The Kier molecular flexibility index (Phi) is 4.58. The van der Waals surface area contributed by atoms with Gasteiger partial charge in [-0.05, 0) is 55.5 Å². The summed E-state index contributed by atoms with van der Waals surface area (Å²) in [6.45, 7) is 0.461. The number of rotatable bonds is 3. The van der Waals surface area contributed by atoms with E-state index < -0.39 is 27.2 Å². The zero-order valence-electron chi connectivity index (χ0n) is 16.6. The molecule has 0 N–H and O–H groups in total. The van der Waals surface area contributed by atoms with Gasteiger partial charge in [-0.2, -0.15) is 13.2 Å². The first-order chi connectivity index (χ1) is 14.7. The van der Waals surface area contributed by atoms with Crippen LogP contribution in [0.25, 0.3) is 0 Å². The Bertz CT molecular complexity index is 1140. The zero-order chi connectivity index (χ0) is 21.9. The molecule has 0 atom stereocenters. The SMILES string of the molecule is O=S1(=O)CCN2C(=N1)C1(c3ccc(Oc4ccccc4C(F)(F)F)cc3)CCC2CC1. The fourth-order valence-electron chi connectivity index (χ4n) is 5.07. The predicted molar refractivity (Wildman–Crippen MR) is 110 cm³/mol. The summed E-state index contributed by atoms with van der Waals surface area (Å²) in [6, 6.07) is 12.3. The average Bonchev–Trinajstić information content (AvgIpc) is 2.74. The third-order valence-corrected chi connectivity index (χ3v) is 7.74. The van der Waals surface area contributed by atoms with Crippen molar-refractivity contribution in [3.8, 4) is 11.5 Å². The van der Waals surface area contributed by atoms with Crippen molar-refractivity contribution in [1.29, 1.82) is 0 Å². The summed E-state index contributed by atoms with van der Waals surface area (Å²) in [5, 5.41) is 0. The second-order valence-corrected chi connectivity index (χ2v) is 10.1. The Labute approximate surface area is 178 Å². The van der Waals surface area contributed by atoms with Gasteiger partial charge in [-0.3, -0.25) is 0 Å². The molecule has 164 valence electrons. The number of hydrogen-bond acceptors (Lipinski definition) is 4. The first-order valence-corrected chi connectivity index (χ1v) is 11.8. The minimum atomic E-state index is -4.51. The fourth-order valence-corrected chi connectivity index (χ4v) is 6.14. The lowest BCUT2D eigenvalue weighted by Crippen LogP contribution is -2.62. The number of alkyl halides is 3. The van der Waals surface area contributed by atoms with Crippen LogP contribution in [0.15, 0.2) is 52.9 Å².